The highest BCUT2D eigenvalue weighted by atomic mass is 16.6. The summed E-state index contributed by atoms with van der Waals surface area (Å²) in [5.41, 5.74) is 0.918. The first-order valence-corrected chi connectivity index (χ1v) is 9.65. The Morgan fingerprint density at radius 2 is 1.89 bits per heavy atom. The lowest BCUT2D eigenvalue weighted by atomic mass is 9.83. The van der Waals surface area contributed by atoms with E-state index in [2.05, 4.69) is 5.32 Å². The summed E-state index contributed by atoms with van der Waals surface area (Å²) >= 11 is 0. The molecule has 2 aliphatic heterocycles. The first kappa shape index (κ1) is 19.9. The third-order valence-corrected chi connectivity index (χ3v) is 5.29. The van der Waals surface area contributed by atoms with Crippen molar-refractivity contribution in [3.63, 3.8) is 0 Å². The molecule has 1 aromatic carbocycles. The van der Waals surface area contributed by atoms with Crippen LogP contribution < -0.4 is 5.32 Å². The van der Waals surface area contributed by atoms with Gasteiger partial charge in [-0.05, 0) is 25.8 Å². The van der Waals surface area contributed by atoms with Crippen molar-refractivity contribution in [2.24, 2.45) is 0 Å². The van der Waals surface area contributed by atoms with Crippen LogP contribution in [0.4, 0.5) is 4.79 Å². The Kier molecular flexibility index (Phi) is 6.02. The summed E-state index contributed by atoms with van der Waals surface area (Å²) in [5, 5.41) is 2.92. The standard InChI is InChI=1S/C21H26N2O5/c1-3-27-20(26)23-13-10-21(11-14-23)17(15(2)19(25)28-21)18(24)22-12-9-16-7-5-4-6-8-16/h4-8H,3,9-14H2,1-2H3,(H,22,24). The van der Waals surface area contributed by atoms with E-state index in [-0.39, 0.29) is 12.0 Å². The minimum absolute atomic E-state index is 0.274. The molecule has 0 aliphatic carbocycles. The molecule has 1 aromatic rings. The number of esters is 1. The Bertz CT molecular complexity index is 779. The van der Waals surface area contributed by atoms with Gasteiger partial charge in [-0.3, -0.25) is 4.79 Å². The van der Waals surface area contributed by atoms with E-state index in [4.69, 9.17) is 9.47 Å². The van der Waals surface area contributed by atoms with Crippen molar-refractivity contribution in [1.29, 1.82) is 0 Å². The molecule has 3 rings (SSSR count). The molecule has 150 valence electrons. The number of ether oxygens (including phenoxy) is 2. The quantitative estimate of drug-likeness (QED) is 0.785. The second kappa shape index (κ2) is 8.46. The molecule has 1 fully saturated rings. The number of carbonyl (C=O) groups excluding carboxylic acids is 3. The zero-order chi connectivity index (χ0) is 20.1. The van der Waals surface area contributed by atoms with Gasteiger partial charge >= 0.3 is 12.1 Å². The maximum atomic E-state index is 12.9. The van der Waals surface area contributed by atoms with E-state index in [1.807, 2.05) is 30.3 Å². The number of amides is 2. The van der Waals surface area contributed by atoms with E-state index in [1.165, 1.54) is 0 Å². The largest absolute Gasteiger partial charge is 0.450 e. The fourth-order valence-electron chi connectivity index (χ4n) is 3.80. The highest BCUT2D eigenvalue weighted by Gasteiger charge is 2.51. The molecule has 1 saturated heterocycles. The Hall–Kier alpha value is -2.83. The third-order valence-electron chi connectivity index (χ3n) is 5.29. The summed E-state index contributed by atoms with van der Waals surface area (Å²) in [7, 11) is 0. The van der Waals surface area contributed by atoms with Crippen LogP contribution in [-0.4, -0.2) is 54.7 Å². The van der Waals surface area contributed by atoms with Crippen LogP contribution in [0.3, 0.4) is 0 Å². The maximum Gasteiger partial charge on any atom is 0.409 e. The molecule has 0 aromatic heterocycles. The van der Waals surface area contributed by atoms with E-state index in [0.717, 1.165) is 5.56 Å². The van der Waals surface area contributed by atoms with Crippen molar-refractivity contribution < 1.29 is 23.9 Å². The van der Waals surface area contributed by atoms with E-state index < -0.39 is 11.6 Å². The van der Waals surface area contributed by atoms with Gasteiger partial charge < -0.3 is 19.7 Å². The van der Waals surface area contributed by atoms with Gasteiger partial charge in [0.1, 0.15) is 5.60 Å². The molecule has 0 bridgehead atoms. The van der Waals surface area contributed by atoms with Gasteiger partial charge in [0.25, 0.3) is 5.91 Å². The second-order valence-electron chi connectivity index (χ2n) is 7.06. The molecule has 0 unspecified atom stereocenters. The SMILES string of the molecule is CCOC(=O)N1CCC2(CC1)OC(=O)C(C)=C2C(=O)NCCc1ccccc1. The topological polar surface area (TPSA) is 84.9 Å². The van der Waals surface area contributed by atoms with Gasteiger partial charge in [0.2, 0.25) is 0 Å². The number of carbonyl (C=O) groups is 3. The summed E-state index contributed by atoms with van der Waals surface area (Å²) in [5.74, 6) is -0.735. The normalized spacial score (nSPS) is 18.2. The molecule has 7 nitrogen and oxygen atoms in total. The van der Waals surface area contributed by atoms with Crippen LogP contribution >= 0.6 is 0 Å². The fourth-order valence-corrected chi connectivity index (χ4v) is 3.80. The number of likely N-dealkylation sites (tertiary alicyclic amines) is 1. The first-order chi connectivity index (χ1) is 13.5. The number of rotatable bonds is 5. The number of hydrogen-bond donors (Lipinski definition) is 1. The Morgan fingerprint density at radius 1 is 1.21 bits per heavy atom. The van der Waals surface area contributed by atoms with Crippen molar-refractivity contribution >= 4 is 18.0 Å². The highest BCUT2D eigenvalue weighted by molar-refractivity contribution is 6.07. The zero-order valence-corrected chi connectivity index (χ0v) is 16.3. The van der Waals surface area contributed by atoms with Gasteiger partial charge in [-0.25, -0.2) is 9.59 Å². The maximum absolute atomic E-state index is 12.9. The molecule has 2 amide bonds. The Labute approximate surface area is 164 Å². The van der Waals surface area contributed by atoms with Gasteiger partial charge in [0, 0.05) is 38.0 Å². The minimum Gasteiger partial charge on any atom is -0.450 e. The van der Waals surface area contributed by atoms with Crippen LogP contribution in [0, 0.1) is 0 Å². The minimum atomic E-state index is -0.957. The van der Waals surface area contributed by atoms with Crippen molar-refractivity contribution in [2.45, 2.75) is 38.7 Å². The highest BCUT2D eigenvalue weighted by Crippen LogP contribution is 2.41. The van der Waals surface area contributed by atoms with Gasteiger partial charge in [-0.1, -0.05) is 30.3 Å². The summed E-state index contributed by atoms with van der Waals surface area (Å²) < 4.78 is 10.7. The molecule has 0 radical (unpaired) electrons. The monoisotopic (exact) mass is 386 g/mol. The molecule has 0 atom stereocenters. The summed E-state index contributed by atoms with van der Waals surface area (Å²) in [4.78, 5) is 38.6. The lowest BCUT2D eigenvalue weighted by Gasteiger charge is -2.38. The number of hydrogen-bond acceptors (Lipinski definition) is 5. The molecule has 7 heteroatoms. The van der Waals surface area contributed by atoms with Crippen molar-refractivity contribution in [1.82, 2.24) is 10.2 Å². The molecule has 2 aliphatic rings. The molecule has 0 saturated carbocycles. The molecule has 28 heavy (non-hydrogen) atoms. The van der Waals surface area contributed by atoms with E-state index in [0.29, 0.717) is 56.6 Å². The van der Waals surface area contributed by atoms with Gasteiger partial charge in [0.05, 0.1) is 12.2 Å². The van der Waals surface area contributed by atoms with Gasteiger partial charge in [-0.15, -0.1) is 0 Å². The van der Waals surface area contributed by atoms with Crippen LogP contribution in [0.2, 0.25) is 0 Å². The predicted octanol–water partition coefficient (Wildman–Crippen LogP) is 2.21. The molecule has 2 heterocycles. The summed E-state index contributed by atoms with van der Waals surface area (Å²) in [6, 6.07) is 9.88. The van der Waals surface area contributed by atoms with Crippen molar-refractivity contribution in [3.05, 3.63) is 47.0 Å². The van der Waals surface area contributed by atoms with Crippen LogP contribution in [0.5, 0.6) is 0 Å². The van der Waals surface area contributed by atoms with Gasteiger partial charge in [-0.2, -0.15) is 0 Å². The van der Waals surface area contributed by atoms with Crippen molar-refractivity contribution in [3.8, 4) is 0 Å². The van der Waals surface area contributed by atoms with E-state index >= 15 is 0 Å². The lowest BCUT2D eigenvalue weighted by molar-refractivity contribution is -0.150. The molecule has 1 N–H and O–H groups in total. The second-order valence-corrected chi connectivity index (χ2v) is 7.06. The molecular weight excluding hydrogens is 360 g/mol. The van der Waals surface area contributed by atoms with Crippen LogP contribution in [-0.2, 0) is 25.5 Å². The average molecular weight is 386 g/mol. The van der Waals surface area contributed by atoms with Crippen LogP contribution in [0.1, 0.15) is 32.3 Å². The Balaban J connectivity index is 1.65. The zero-order valence-electron chi connectivity index (χ0n) is 16.3. The predicted molar refractivity (Wildman–Crippen MR) is 103 cm³/mol. The number of nitrogens with one attached hydrogen (secondary N) is 1. The van der Waals surface area contributed by atoms with Crippen LogP contribution in [0.25, 0.3) is 0 Å². The lowest BCUT2D eigenvalue weighted by Crippen LogP contribution is -2.50. The molecule has 1 spiro atoms. The van der Waals surface area contributed by atoms with Gasteiger partial charge in [0.15, 0.2) is 0 Å². The number of benzene rings is 1. The smallest absolute Gasteiger partial charge is 0.409 e. The summed E-state index contributed by atoms with van der Waals surface area (Å²) in [6.07, 6.45) is 1.10. The van der Waals surface area contributed by atoms with Crippen LogP contribution in [0.15, 0.2) is 41.5 Å². The van der Waals surface area contributed by atoms with E-state index in [9.17, 15) is 14.4 Å². The third kappa shape index (κ3) is 4.03. The van der Waals surface area contributed by atoms with Crippen molar-refractivity contribution in [2.75, 3.05) is 26.2 Å². The fraction of sp³-hybridized carbons (Fsp3) is 0.476. The van der Waals surface area contributed by atoms with E-state index in [1.54, 1.807) is 18.7 Å². The average Bonchev–Trinajstić information content (AvgIpc) is 2.93. The number of nitrogens with zero attached hydrogens (tertiary/aromatic N) is 1. The number of piperidine rings is 1. The first-order valence-electron chi connectivity index (χ1n) is 9.65. The summed E-state index contributed by atoms with van der Waals surface area (Å²) in [6.45, 7) is 4.91. The Morgan fingerprint density at radius 3 is 2.54 bits per heavy atom. The molecular formula is C21H26N2O5.